The van der Waals surface area contributed by atoms with E-state index in [0.717, 1.165) is 5.56 Å². The van der Waals surface area contributed by atoms with Crippen molar-refractivity contribution in [2.45, 2.75) is 20.0 Å². The van der Waals surface area contributed by atoms with Crippen molar-refractivity contribution >= 4 is 23.5 Å². The highest BCUT2D eigenvalue weighted by Gasteiger charge is 2.09. The van der Waals surface area contributed by atoms with Gasteiger partial charge in [-0.25, -0.2) is 0 Å². The Hall–Kier alpha value is -2.53. The van der Waals surface area contributed by atoms with E-state index in [1.54, 1.807) is 24.3 Å². The number of rotatable bonds is 8. The monoisotopic (exact) mass is 361 g/mol. The molecular weight excluding hydrogens is 342 g/mol. The molecule has 5 nitrogen and oxygen atoms in total. The van der Waals surface area contributed by atoms with Crippen molar-refractivity contribution in [1.82, 2.24) is 5.32 Å². The van der Waals surface area contributed by atoms with Crippen LogP contribution < -0.4 is 10.1 Å². The number of benzene rings is 2. The number of halogens is 1. The second-order valence-electron chi connectivity index (χ2n) is 5.21. The summed E-state index contributed by atoms with van der Waals surface area (Å²) in [7, 11) is 0. The zero-order valence-corrected chi connectivity index (χ0v) is 14.7. The predicted molar refractivity (Wildman–Crippen MR) is 95.8 cm³/mol. The number of ether oxygens (including phenoxy) is 2. The third kappa shape index (κ3) is 6.12. The van der Waals surface area contributed by atoms with Gasteiger partial charge in [0.25, 0.3) is 5.91 Å². The first-order valence-electron chi connectivity index (χ1n) is 8.00. The van der Waals surface area contributed by atoms with Gasteiger partial charge in [-0.3, -0.25) is 9.59 Å². The van der Waals surface area contributed by atoms with Gasteiger partial charge in [-0.15, -0.1) is 0 Å². The van der Waals surface area contributed by atoms with E-state index in [2.05, 4.69) is 5.32 Å². The summed E-state index contributed by atoms with van der Waals surface area (Å²) in [5.74, 6) is 0.0581. The number of hydrogen-bond acceptors (Lipinski definition) is 4. The largest absolute Gasteiger partial charge is 0.493 e. The van der Waals surface area contributed by atoms with Crippen molar-refractivity contribution in [2.24, 2.45) is 0 Å². The number of hydrogen-bond donors (Lipinski definition) is 1. The normalized spacial score (nSPS) is 10.2. The van der Waals surface area contributed by atoms with Crippen LogP contribution in [0, 0.1) is 0 Å². The molecule has 0 spiro atoms. The molecule has 0 unspecified atom stereocenters. The van der Waals surface area contributed by atoms with Gasteiger partial charge in [0, 0.05) is 22.7 Å². The van der Waals surface area contributed by atoms with E-state index < -0.39 is 0 Å². The maximum Gasteiger partial charge on any atom is 0.307 e. The lowest BCUT2D eigenvalue weighted by atomic mass is 10.2. The number of carbonyl (C=O) groups is 2. The third-order valence-corrected chi connectivity index (χ3v) is 3.63. The highest BCUT2D eigenvalue weighted by Crippen LogP contribution is 2.18. The minimum absolute atomic E-state index is 0.0934. The van der Waals surface area contributed by atoms with Crippen molar-refractivity contribution in [3.8, 4) is 5.75 Å². The van der Waals surface area contributed by atoms with Crippen LogP contribution in [0.5, 0.6) is 5.75 Å². The van der Waals surface area contributed by atoms with Gasteiger partial charge >= 0.3 is 5.97 Å². The van der Waals surface area contributed by atoms with E-state index in [4.69, 9.17) is 21.1 Å². The minimum atomic E-state index is -0.386. The molecule has 2 aromatic rings. The highest BCUT2D eigenvalue weighted by atomic mass is 35.5. The van der Waals surface area contributed by atoms with Crippen LogP contribution in [0.15, 0.2) is 48.5 Å². The zero-order chi connectivity index (χ0) is 18.1. The molecule has 0 radical (unpaired) electrons. The Balaban J connectivity index is 1.74. The van der Waals surface area contributed by atoms with Crippen LogP contribution >= 0.6 is 11.6 Å². The first kappa shape index (κ1) is 18.8. The van der Waals surface area contributed by atoms with Crippen LogP contribution in [0.1, 0.15) is 29.3 Å². The van der Waals surface area contributed by atoms with Gasteiger partial charge in [0.1, 0.15) is 12.4 Å². The SMILES string of the molecule is CCOc1ccccc1COC(=O)CCNC(=O)c1ccc(Cl)cc1. The summed E-state index contributed by atoms with van der Waals surface area (Å²) in [5.41, 5.74) is 1.30. The van der Waals surface area contributed by atoms with Crippen LogP contribution in [0.3, 0.4) is 0 Å². The van der Waals surface area contributed by atoms with Gasteiger partial charge in [-0.2, -0.15) is 0 Å². The average Bonchev–Trinajstić information content (AvgIpc) is 2.62. The average molecular weight is 362 g/mol. The fourth-order valence-electron chi connectivity index (χ4n) is 2.13. The molecule has 6 heteroatoms. The first-order valence-corrected chi connectivity index (χ1v) is 8.38. The quantitative estimate of drug-likeness (QED) is 0.729. The van der Waals surface area contributed by atoms with Gasteiger partial charge in [-0.1, -0.05) is 29.8 Å². The van der Waals surface area contributed by atoms with Gasteiger partial charge in [0.05, 0.1) is 13.0 Å². The molecule has 25 heavy (non-hydrogen) atoms. The molecule has 0 aliphatic rings. The Labute approximate surface area is 151 Å². The van der Waals surface area contributed by atoms with E-state index in [1.807, 2.05) is 31.2 Å². The fraction of sp³-hybridized carbons (Fsp3) is 0.263. The van der Waals surface area contributed by atoms with Crippen LogP contribution in [-0.4, -0.2) is 25.0 Å². The molecule has 0 bridgehead atoms. The molecule has 0 saturated carbocycles. The van der Waals surface area contributed by atoms with Gasteiger partial charge in [0.2, 0.25) is 0 Å². The summed E-state index contributed by atoms with van der Waals surface area (Å²) in [4.78, 5) is 23.7. The van der Waals surface area contributed by atoms with Crippen molar-refractivity contribution in [1.29, 1.82) is 0 Å². The van der Waals surface area contributed by atoms with Gasteiger partial charge in [-0.05, 0) is 37.3 Å². The zero-order valence-electron chi connectivity index (χ0n) is 14.0. The Bertz CT molecular complexity index is 716. The molecule has 0 aromatic heterocycles. The summed E-state index contributed by atoms with van der Waals surface area (Å²) in [6.07, 6.45) is 0.0934. The van der Waals surface area contributed by atoms with E-state index in [1.165, 1.54) is 0 Å². The van der Waals surface area contributed by atoms with Crippen LogP contribution in [0.4, 0.5) is 0 Å². The van der Waals surface area contributed by atoms with Gasteiger partial charge in [0.15, 0.2) is 0 Å². The van der Waals surface area contributed by atoms with Crippen molar-refractivity contribution in [3.63, 3.8) is 0 Å². The van der Waals surface area contributed by atoms with Crippen molar-refractivity contribution in [3.05, 3.63) is 64.7 Å². The molecule has 0 saturated heterocycles. The number of amides is 1. The van der Waals surface area contributed by atoms with E-state index >= 15 is 0 Å². The molecule has 0 atom stereocenters. The van der Waals surface area contributed by atoms with Crippen molar-refractivity contribution in [2.75, 3.05) is 13.2 Å². The lowest BCUT2D eigenvalue weighted by Crippen LogP contribution is -2.26. The molecule has 2 rings (SSSR count). The lowest BCUT2D eigenvalue weighted by Gasteiger charge is -2.10. The van der Waals surface area contributed by atoms with Crippen LogP contribution in [-0.2, 0) is 16.1 Å². The molecule has 2 aromatic carbocycles. The topological polar surface area (TPSA) is 64.6 Å². The Morgan fingerprint density at radius 3 is 2.52 bits per heavy atom. The molecule has 132 valence electrons. The number of carbonyl (C=O) groups excluding carboxylic acids is 2. The summed E-state index contributed by atoms with van der Waals surface area (Å²) in [5, 5.41) is 3.23. The maximum absolute atomic E-state index is 11.9. The van der Waals surface area contributed by atoms with E-state index in [9.17, 15) is 9.59 Å². The van der Waals surface area contributed by atoms with E-state index in [-0.39, 0.29) is 31.4 Å². The van der Waals surface area contributed by atoms with Crippen molar-refractivity contribution < 1.29 is 19.1 Å². The first-order chi connectivity index (χ1) is 12.1. The summed E-state index contributed by atoms with van der Waals surface area (Å²) >= 11 is 5.78. The Morgan fingerprint density at radius 1 is 1.08 bits per heavy atom. The number of para-hydroxylation sites is 1. The molecular formula is C19H20ClNO4. The second-order valence-corrected chi connectivity index (χ2v) is 5.65. The van der Waals surface area contributed by atoms with E-state index in [0.29, 0.717) is 22.9 Å². The smallest absolute Gasteiger partial charge is 0.307 e. The maximum atomic E-state index is 11.9. The highest BCUT2D eigenvalue weighted by molar-refractivity contribution is 6.30. The molecule has 1 amide bonds. The van der Waals surface area contributed by atoms with Crippen LogP contribution in [0.25, 0.3) is 0 Å². The summed E-state index contributed by atoms with van der Waals surface area (Å²) in [6.45, 7) is 2.78. The standard InChI is InChI=1S/C19H20ClNO4/c1-2-24-17-6-4-3-5-15(17)13-25-18(22)11-12-21-19(23)14-7-9-16(20)10-8-14/h3-10H,2,11-13H2,1H3,(H,21,23). The molecule has 0 fully saturated rings. The second kappa shape index (κ2) is 9.69. The number of esters is 1. The Kier molecular flexibility index (Phi) is 7.29. The minimum Gasteiger partial charge on any atom is -0.493 e. The molecule has 0 aliphatic heterocycles. The lowest BCUT2D eigenvalue weighted by molar-refractivity contribution is -0.144. The van der Waals surface area contributed by atoms with Gasteiger partial charge < -0.3 is 14.8 Å². The third-order valence-electron chi connectivity index (χ3n) is 3.38. The summed E-state index contributed by atoms with van der Waals surface area (Å²) < 4.78 is 10.7. The predicted octanol–water partition coefficient (Wildman–Crippen LogP) is 3.60. The number of nitrogens with one attached hydrogen (secondary N) is 1. The fourth-order valence-corrected chi connectivity index (χ4v) is 2.26. The molecule has 1 N–H and O–H groups in total. The molecule has 0 aliphatic carbocycles. The van der Waals surface area contributed by atoms with Crippen LogP contribution in [0.2, 0.25) is 5.02 Å². The Morgan fingerprint density at radius 2 is 1.80 bits per heavy atom. The molecule has 0 heterocycles. The summed E-state index contributed by atoms with van der Waals surface area (Å²) in [6, 6.07) is 13.9.